The first-order valence-electron chi connectivity index (χ1n) is 6.93. The lowest BCUT2D eigenvalue weighted by Crippen LogP contribution is -2.44. The highest BCUT2D eigenvalue weighted by atomic mass is 16.4. The summed E-state index contributed by atoms with van der Waals surface area (Å²) in [6.45, 7) is 0.209. The van der Waals surface area contributed by atoms with E-state index in [9.17, 15) is 14.4 Å². The minimum Gasteiger partial charge on any atom is -0.481 e. The zero-order chi connectivity index (χ0) is 15.2. The summed E-state index contributed by atoms with van der Waals surface area (Å²) >= 11 is 0. The molecule has 1 fully saturated rings. The summed E-state index contributed by atoms with van der Waals surface area (Å²) < 4.78 is 0. The van der Waals surface area contributed by atoms with E-state index in [0.717, 1.165) is 0 Å². The Labute approximate surface area is 122 Å². The number of aliphatic carboxylic acids is 1. The Balaban J connectivity index is 1.68. The summed E-state index contributed by atoms with van der Waals surface area (Å²) in [7, 11) is 0. The number of carbonyl (C=O) groups excluding carboxylic acids is 2. The van der Waals surface area contributed by atoms with Crippen LogP contribution < -0.4 is 10.6 Å². The first-order valence-corrected chi connectivity index (χ1v) is 6.93. The predicted molar refractivity (Wildman–Crippen MR) is 76.5 cm³/mol. The molecule has 2 amide bonds. The molecule has 1 saturated carbocycles. The van der Waals surface area contributed by atoms with Gasteiger partial charge in [0, 0.05) is 18.7 Å². The van der Waals surface area contributed by atoms with Gasteiger partial charge in [-0.15, -0.1) is 0 Å². The van der Waals surface area contributed by atoms with E-state index < -0.39 is 17.8 Å². The summed E-state index contributed by atoms with van der Waals surface area (Å²) in [6.07, 6.45) is 1.30. The van der Waals surface area contributed by atoms with E-state index in [4.69, 9.17) is 5.11 Å². The van der Waals surface area contributed by atoms with Crippen molar-refractivity contribution in [3.05, 3.63) is 30.3 Å². The first kappa shape index (κ1) is 15.0. The van der Waals surface area contributed by atoms with Crippen LogP contribution in [0.2, 0.25) is 0 Å². The number of amides is 2. The molecule has 1 aromatic carbocycles. The second-order valence-corrected chi connectivity index (χ2v) is 5.08. The highest BCUT2D eigenvalue weighted by Gasteiger charge is 2.41. The largest absolute Gasteiger partial charge is 0.481 e. The van der Waals surface area contributed by atoms with Crippen molar-refractivity contribution >= 4 is 23.5 Å². The third-order valence-corrected chi connectivity index (χ3v) is 3.64. The van der Waals surface area contributed by atoms with Gasteiger partial charge in [0.05, 0.1) is 11.8 Å². The summed E-state index contributed by atoms with van der Waals surface area (Å²) in [5, 5.41) is 14.2. The van der Waals surface area contributed by atoms with Gasteiger partial charge < -0.3 is 15.7 Å². The van der Waals surface area contributed by atoms with Crippen molar-refractivity contribution in [2.45, 2.75) is 19.3 Å². The number of para-hydroxylation sites is 1. The molecular formula is C15H18N2O4. The molecule has 2 atom stereocenters. The van der Waals surface area contributed by atoms with Crippen LogP contribution in [-0.4, -0.2) is 29.4 Å². The fourth-order valence-corrected chi connectivity index (χ4v) is 2.28. The number of hydrogen-bond donors (Lipinski definition) is 3. The van der Waals surface area contributed by atoms with Gasteiger partial charge in [-0.2, -0.15) is 0 Å². The Hall–Kier alpha value is -2.37. The van der Waals surface area contributed by atoms with Crippen molar-refractivity contribution in [2.75, 3.05) is 11.9 Å². The van der Waals surface area contributed by atoms with E-state index >= 15 is 0 Å². The maximum Gasteiger partial charge on any atom is 0.307 e. The second-order valence-electron chi connectivity index (χ2n) is 5.08. The number of carboxylic acids is 1. The lowest BCUT2D eigenvalue weighted by molar-refractivity contribution is -0.152. The molecule has 2 unspecified atom stereocenters. The number of benzene rings is 1. The van der Waals surface area contributed by atoms with Gasteiger partial charge >= 0.3 is 5.97 Å². The molecule has 0 heterocycles. The molecule has 1 aliphatic carbocycles. The van der Waals surface area contributed by atoms with Crippen molar-refractivity contribution in [3.8, 4) is 0 Å². The van der Waals surface area contributed by atoms with Crippen LogP contribution in [0.1, 0.15) is 19.3 Å². The molecule has 112 valence electrons. The minimum atomic E-state index is -0.928. The van der Waals surface area contributed by atoms with Crippen LogP contribution in [0.25, 0.3) is 0 Å². The standard InChI is InChI=1S/C15H18N2O4/c18-13(17-10-4-2-1-3-5-10)8-9-16-14(19)11-6-7-12(11)15(20)21/h1-5,11-12H,6-9H2,(H,16,19)(H,17,18)(H,20,21). The zero-order valence-corrected chi connectivity index (χ0v) is 11.5. The molecule has 1 aromatic rings. The van der Waals surface area contributed by atoms with Gasteiger partial charge in [0.15, 0.2) is 0 Å². The average molecular weight is 290 g/mol. The number of carboxylic acid groups (broad SMARTS) is 1. The van der Waals surface area contributed by atoms with Crippen LogP contribution in [0.15, 0.2) is 30.3 Å². The Morgan fingerprint density at radius 3 is 2.33 bits per heavy atom. The van der Waals surface area contributed by atoms with E-state index in [1.807, 2.05) is 18.2 Å². The molecule has 6 heteroatoms. The van der Waals surface area contributed by atoms with E-state index in [1.165, 1.54) is 0 Å². The van der Waals surface area contributed by atoms with Crippen LogP contribution in [0, 0.1) is 11.8 Å². The fraction of sp³-hybridized carbons (Fsp3) is 0.400. The van der Waals surface area contributed by atoms with Crippen LogP contribution in [-0.2, 0) is 14.4 Å². The van der Waals surface area contributed by atoms with Crippen LogP contribution in [0.4, 0.5) is 5.69 Å². The quantitative estimate of drug-likeness (QED) is 0.734. The van der Waals surface area contributed by atoms with Gasteiger partial charge in [0.1, 0.15) is 0 Å². The molecule has 2 rings (SSSR count). The van der Waals surface area contributed by atoms with Crippen LogP contribution >= 0.6 is 0 Å². The topological polar surface area (TPSA) is 95.5 Å². The molecule has 21 heavy (non-hydrogen) atoms. The molecule has 3 N–H and O–H groups in total. The Morgan fingerprint density at radius 1 is 1.10 bits per heavy atom. The first-order chi connectivity index (χ1) is 10.1. The van der Waals surface area contributed by atoms with Crippen molar-refractivity contribution in [1.82, 2.24) is 5.32 Å². The Bertz CT molecular complexity index is 530. The van der Waals surface area contributed by atoms with Gasteiger partial charge in [-0.25, -0.2) is 0 Å². The van der Waals surface area contributed by atoms with Crippen molar-refractivity contribution in [3.63, 3.8) is 0 Å². The van der Waals surface area contributed by atoms with Crippen LogP contribution in [0.5, 0.6) is 0 Å². The summed E-state index contributed by atoms with van der Waals surface area (Å²) in [5.41, 5.74) is 0.707. The highest BCUT2D eigenvalue weighted by Crippen LogP contribution is 2.34. The molecule has 0 spiro atoms. The fourth-order valence-electron chi connectivity index (χ4n) is 2.28. The minimum absolute atomic E-state index is 0.158. The number of nitrogens with one attached hydrogen (secondary N) is 2. The monoisotopic (exact) mass is 290 g/mol. The van der Waals surface area contributed by atoms with Crippen LogP contribution in [0.3, 0.4) is 0 Å². The normalized spacial score (nSPS) is 20.2. The lowest BCUT2D eigenvalue weighted by atomic mass is 9.73. The van der Waals surface area contributed by atoms with Gasteiger partial charge in [-0.3, -0.25) is 14.4 Å². The van der Waals surface area contributed by atoms with E-state index in [0.29, 0.717) is 18.5 Å². The molecule has 6 nitrogen and oxygen atoms in total. The van der Waals surface area contributed by atoms with E-state index in [1.54, 1.807) is 12.1 Å². The number of hydrogen-bond acceptors (Lipinski definition) is 3. The van der Waals surface area contributed by atoms with Gasteiger partial charge in [-0.1, -0.05) is 18.2 Å². The Morgan fingerprint density at radius 2 is 1.76 bits per heavy atom. The third-order valence-electron chi connectivity index (χ3n) is 3.64. The number of carbonyl (C=O) groups is 3. The van der Waals surface area contributed by atoms with Gasteiger partial charge in [0.2, 0.25) is 11.8 Å². The second kappa shape index (κ2) is 6.88. The van der Waals surface area contributed by atoms with Crippen molar-refractivity contribution in [2.24, 2.45) is 11.8 Å². The molecule has 0 aliphatic heterocycles. The predicted octanol–water partition coefficient (Wildman–Crippen LogP) is 1.24. The Kier molecular flexibility index (Phi) is 4.92. The molecule has 0 aromatic heterocycles. The highest BCUT2D eigenvalue weighted by molar-refractivity contribution is 5.91. The molecule has 1 aliphatic rings. The summed E-state index contributed by atoms with van der Waals surface area (Å²) in [6, 6.07) is 9.05. The van der Waals surface area contributed by atoms with Crippen molar-refractivity contribution < 1.29 is 19.5 Å². The number of anilines is 1. The van der Waals surface area contributed by atoms with E-state index in [-0.39, 0.29) is 24.8 Å². The number of rotatable bonds is 6. The smallest absolute Gasteiger partial charge is 0.307 e. The summed E-state index contributed by atoms with van der Waals surface area (Å²) in [5.74, 6) is -2.43. The lowest BCUT2D eigenvalue weighted by Gasteiger charge is -2.31. The molecule has 0 bridgehead atoms. The van der Waals surface area contributed by atoms with E-state index in [2.05, 4.69) is 10.6 Å². The van der Waals surface area contributed by atoms with Crippen molar-refractivity contribution in [1.29, 1.82) is 0 Å². The molecule has 0 radical (unpaired) electrons. The SMILES string of the molecule is O=C(CCNC(=O)C1CCC1C(=O)O)Nc1ccccc1. The molecule has 0 saturated heterocycles. The van der Waals surface area contributed by atoms with Gasteiger partial charge in [0.25, 0.3) is 0 Å². The summed E-state index contributed by atoms with van der Waals surface area (Å²) in [4.78, 5) is 34.3. The molecular weight excluding hydrogens is 272 g/mol. The average Bonchev–Trinajstić information content (AvgIpc) is 2.37. The zero-order valence-electron chi connectivity index (χ0n) is 11.5. The van der Waals surface area contributed by atoms with Gasteiger partial charge in [-0.05, 0) is 25.0 Å². The third kappa shape index (κ3) is 4.05. The maximum absolute atomic E-state index is 11.8. The maximum atomic E-state index is 11.8.